The molecule has 0 fully saturated rings. The van der Waals surface area contributed by atoms with Crippen molar-refractivity contribution in [3.8, 4) is 0 Å². The summed E-state index contributed by atoms with van der Waals surface area (Å²) in [7, 11) is 0. The number of para-hydroxylation sites is 1. The fourth-order valence-corrected chi connectivity index (χ4v) is 2.59. The monoisotopic (exact) mass is 393 g/mol. The molecule has 0 saturated carbocycles. The van der Waals surface area contributed by atoms with E-state index in [1.807, 2.05) is 41.5 Å². The Bertz CT molecular complexity index is 630. The third kappa shape index (κ3) is 3.74. The number of hydrogen-bond acceptors (Lipinski definition) is 4. The number of rotatable bonds is 4. The molecular formula is C16H16IN3O. The lowest BCUT2D eigenvalue weighted by Gasteiger charge is -2.20. The predicted molar refractivity (Wildman–Crippen MR) is 93.0 cm³/mol. The van der Waals surface area contributed by atoms with Gasteiger partial charge in [-0.15, -0.1) is 0 Å². The number of halogens is 1. The minimum absolute atomic E-state index is 0.549. The van der Waals surface area contributed by atoms with E-state index in [2.05, 4.69) is 51.1 Å². The Balaban J connectivity index is 1.62. The number of guanidine groups is 1. The maximum absolute atomic E-state index is 5.85. The Morgan fingerprint density at radius 2 is 1.86 bits per heavy atom. The molecule has 21 heavy (non-hydrogen) atoms. The lowest BCUT2D eigenvalue weighted by Crippen LogP contribution is -2.33. The van der Waals surface area contributed by atoms with E-state index in [0.717, 1.165) is 33.9 Å². The highest BCUT2D eigenvalue weighted by atomic mass is 127. The normalized spacial score (nSPS) is 14.1. The minimum atomic E-state index is 0.549. The summed E-state index contributed by atoms with van der Waals surface area (Å²) in [4.78, 5) is 10.3. The molecule has 0 bridgehead atoms. The van der Waals surface area contributed by atoms with Crippen LogP contribution in [-0.4, -0.2) is 24.1 Å². The van der Waals surface area contributed by atoms with Crippen LogP contribution in [0.3, 0.4) is 0 Å². The molecule has 3 rings (SSSR count). The second kappa shape index (κ2) is 6.91. The van der Waals surface area contributed by atoms with Gasteiger partial charge in [0.05, 0.1) is 18.8 Å². The number of anilines is 1. The smallest absolute Gasteiger partial charge is 0.223 e. The minimum Gasteiger partial charge on any atom is -0.323 e. The average Bonchev–Trinajstić information content (AvgIpc) is 2.96. The fraction of sp³-hybridized carbons (Fsp3) is 0.188. The van der Waals surface area contributed by atoms with Gasteiger partial charge in [-0.05, 0) is 40.3 Å². The van der Waals surface area contributed by atoms with Crippen LogP contribution < -0.4 is 5.32 Å². The standard InChI is InChI=1S/C16H16IN3O/c17-14-8-4-5-9-15(14)19-16-18-10-11-20(16)21-12-13-6-2-1-3-7-13/h1-9H,10-12H2,(H,18,19). The van der Waals surface area contributed by atoms with E-state index in [1.54, 1.807) is 0 Å². The SMILES string of the molecule is Ic1ccccc1NC1=NCCN1OCc1ccccc1. The van der Waals surface area contributed by atoms with Gasteiger partial charge in [-0.3, -0.25) is 4.84 Å². The molecule has 0 saturated heterocycles. The van der Waals surface area contributed by atoms with Gasteiger partial charge >= 0.3 is 0 Å². The van der Waals surface area contributed by atoms with E-state index < -0.39 is 0 Å². The second-order valence-corrected chi connectivity index (χ2v) is 5.83. The first-order chi connectivity index (χ1) is 10.3. The topological polar surface area (TPSA) is 36.9 Å². The zero-order valence-electron chi connectivity index (χ0n) is 11.5. The molecule has 5 heteroatoms. The summed E-state index contributed by atoms with van der Waals surface area (Å²) in [6.45, 7) is 2.08. The van der Waals surface area contributed by atoms with Gasteiger partial charge < -0.3 is 5.32 Å². The highest BCUT2D eigenvalue weighted by Crippen LogP contribution is 2.18. The summed E-state index contributed by atoms with van der Waals surface area (Å²) in [5, 5.41) is 5.17. The Morgan fingerprint density at radius 1 is 1.10 bits per heavy atom. The van der Waals surface area contributed by atoms with Gasteiger partial charge in [0.15, 0.2) is 0 Å². The first-order valence-corrected chi connectivity index (χ1v) is 7.91. The van der Waals surface area contributed by atoms with E-state index in [-0.39, 0.29) is 0 Å². The predicted octanol–water partition coefficient (Wildman–Crippen LogP) is 3.51. The van der Waals surface area contributed by atoms with Crippen molar-refractivity contribution in [3.05, 3.63) is 63.7 Å². The van der Waals surface area contributed by atoms with Gasteiger partial charge in [0.2, 0.25) is 5.96 Å². The zero-order valence-corrected chi connectivity index (χ0v) is 13.7. The third-order valence-corrected chi connectivity index (χ3v) is 4.09. The van der Waals surface area contributed by atoms with Crippen LogP contribution in [0.25, 0.3) is 0 Å². The molecule has 1 N–H and O–H groups in total. The van der Waals surface area contributed by atoms with Crippen molar-refractivity contribution in [3.63, 3.8) is 0 Å². The van der Waals surface area contributed by atoms with Crippen LogP contribution in [0, 0.1) is 3.57 Å². The number of hydrogen-bond donors (Lipinski definition) is 1. The molecule has 108 valence electrons. The van der Waals surface area contributed by atoms with Crippen molar-refractivity contribution < 1.29 is 4.84 Å². The summed E-state index contributed by atoms with van der Waals surface area (Å²) >= 11 is 2.31. The first-order valence-electron chi connectivity index (χ1n) is 6.83. The number of hydroxylamine groups is 2. The van der Waals surface area contributed by atoms with Crippen LogP contribution in [0.5, 0.6) is 0 Å². The molecule has 0 atom stereocenters. The molecule has 1 heterocycles. The number of aliphatic imine (C=N–C) groups is 1. The Labute approximate surface area is 137 Å². The number of benzene rings is 2. The maximum Gasteiger partial charge on any atom is 0.223 e. The summed E-state index contributed by atoms with van der Waals surface area (Å²) in [5.41, 5.74) is 2.20. The molecule has 0 unspecified atom stereocenters. The summed E-state index contributed by atoms with van der Waals surface area (Å²) < 4.78 is 1.16. The van der Waals surface area contributed by atoms with Crippen LogP contribution in [-0.2, 0) is 11.4 Å². The Kier molecular flexibility index (Phi) is 4.72. The number of nitrogens with zero attached hydrogens (tertiary/aromatic N) is 2. The molecule has 0 aliphatic carbocycles. The van der Waals surface area contributed by atoms with Gasteiger partial charge in [0.25, 0.3) is 0 Å². The van der Waals surface area contributed by atoms with E-state index >= 15 is 0 Å². The van der Waals surface area contributed by atoms with Crippen molar-refractivity contribution >= 4 is 34.2 Å². The van der Waals surface area contributed by atoms with E-state index in [1.165, 1.54) is 0 Å². The highest BCUT2D eigenvalue weighted by Gasteiger charge is 2.18. The van der Waals surface area contributed by atoms with Crippen LogP contribution in [0.4, 0.5) is 5.69 Å². The lowest BCUT2D eigenvalue weighted by atomic mass is 10.2. The molecule has 0 spiro atoms. The maximum atomic E-state index is 5.85. The summed E-state index contributed by atoms with van der Waals surface area (Å²) in [6, 6.07) is 18.3. The summed E-state index contributed by atoms with van der Waals surface area (Å²) in [5.74, 6) is 0.773. The quantitative estimate of drug-likeness (QED) is 0.808. The molecule has 0 aromatic heterocycles. The third-order valence-electron chi connectivity index (χ3n) is 3.15. The largest absolute Gasteiger partial charge is 0.323 e. The molecule has 2 aromatic carbocycles. The number of nitrogens with one attached hydrogen (secondary N) is 1. The van der Waals surface area contributed by atoms with Crippen LogP contribution in [0.15, 0.2) is 59.6 Å². The van der Waals surface area contributed by atoms with Crippen molar-refractivity contribution in [1.82, 2.24) is 5.06 Å². The van der Waals surface area contributed by atoms with E-state index in [0.29, 0.717) is 6.61 Å². The van der Waals surface area contributed by atoms with Gasteiger partial charge in [-0.1, -0.05) is 42.5 Å². The van der Waals surface area contributed by atoms with Gasteiger partial charge in [0.1, 0.15) is 6.61 Å². The molecule has 1 aliphatic heterocycles. The highest BCUT2D eigenvalue weighted by molar-refractivity contribution is 14.1. The molecule has 1 aliphatic rings. The molecule has 0 radical (unpaired) electrons. The van der Waals surface area contributed by atoms with Crippen molar-refractivity contribution in [1.29, 1.82) is 0 Å². The van der Waals surface area contributed by atoms with Gasteiger partial charge in [-0.25, -0.2) is 10.1 Å². The molecule has 2 aromatic rings. The van der Waals surface area contributed by atoms with Crippen molar-refractivity contribution in [2.75, 3.05) is 18.4 Å². The van der Waals surface area contributed by atoms with E-state index in [9.17, 15) is 0 Å². The molecule has 4 nitrogen and oxygen atoms in total. The summed E-state index contributed by atoms with van der Waals surface area (Å²) in [6.07, 6.45) is 0. The van der Waals surface area contributed by atoms with Crippen LogP contribution in [0.2, 0.25) is 0 Å². The lowest BCUT2D eigenvalue weighted by molar-refractivity contribution is -0.103. The average molecular weight is 393 g/mol. The Morgan fingerprint density at radius 3 is 2.67 bits per heavy atom. The van der Waals surface area contributed by atoms with Crippen molar-refractivity contribution in [2.24, 2.45) is 4.99 Å². The Hall–Kier alpha value is -1.60. The zero-order chi connectivity index (χ0) is 14.5. The van der Waals surface area contributed by atoms with Gasteiger partial charge in [0, 0.05) is 3.57 Å². The van der Waals surface area contributed by atoms with Gasteiger partial charge in [-0.2, -0.15) is 0 Å². The fourth-order valence-electron chi connectivity index (χ4n) is 2.07. The second-order valence-electron chi connectivity index (χ2n) is 4.67. The molecule has 0 amide bonds. The molecular weight excluding hydrogens is 377 g/mol. The van der Waals surface area contributed by atoms with Crippen LogP contribution in [0.1, 0.15) is 5.56 Å². The first kappa shape index (κ1) is 14.3. The van der Waals surface area contributed by atoms with Crippen LogP contribution >= 0.6 is 22.6 Å². The van der Waals surface area contributed by atoms with E-state index in [4.69, 9.17) is 4.84 Å². The van der Waals surface area contributed by atoms with Crippen molar-refractivity contribution in [2.45, 2.75) is 6.61 Å².